The highest BCUT2D eigenvalue weighted by atomic mass is 19.1. The lowest BCUT2D eigenvalue weighted by Crippen LogP contribution is -2.20. The van der Waals surface area contributed by atoms with Gasteiger partial charge in [0.25, 0.3) is 0 Å². The topological polar surface area (TPSA) is 114 Å². The average Bonchev–Trinajstić information content (AvgIpc) is 3.62. The van der Waals surface area contributed by atoms with Crippen LogP contribution >= 0.6 is 0 Å². The van der Waals surface area contributed by atoms with Crippen molar-refractivity contribution in [3.63, 3.8) is 0 Å². The first-order chi connectivity index (χ1) is 17.5. The number of likely N-dealkylation sites (N-methyl/N-ethyl adjacent to an activating group) is 1. The molecule has 180 valence electrons. The summed E-state index contributed by atoms with van der Waals surface area (Å²) in [5, 5.41) is 19.4. The molecular formula is C26H24FN9. The first-order valence-corrected chi connectivity index (χ1v) is 11.6. The molecule has 5 aromatic heterocycles. The van der Waals surface area contributed by atoms with Crippen molar-refractivity contribution in [3.8, 4) is 33.8 Å². The van der Waals surface area contributed by atoms with Crippen LogP contribution in [-0.4, -0.2) is 67.4 Å². The lowest BCUT2D eigenvalue weighted by Gasteiger charge is -2.12. The fourth-order valence-electron chi connectivity index (χ4n) is 4.34. The van der Waals surface area contributed by atoms with Gasteiger partial charge in [-0.3, -0.25) is 15.2 Å². The Morgan fingerprint density at radius 2 is 1.89 bits per heavy atom. The fraction of sp³-hybridized carbons (Fsp3) is 0.154. The Morgan fingerprint density at radius 3 is 2.72 bits per heavy atom. The molecule has 0 fully saturated rings. The number of aromatic amines is 3. The molecule has 1 aromatic carbocycles. The molecule has 0 spiro atoms. The minimum atomic E-state index is -0.313. The summed E-state index contributed by atoms with van der Waals surface area (Å²) >= 11 is 0. The summed E-state index contributed by atoms with van der Waals surface area (Å²) < 4.78 is 14.5. The van der Waals surface area contributed by atoms with Crippen LogP contribution in [0.3, 0.4) is 0 Å². The van der Waals surface area contributed by atoms with Crippen LogP contribution in [0.25, 0.3) is 55.7 Å². The molecule has 0 bridgehead atoms. The maximum absolute atomic E-state index is 14.5. The Balaban J connectivity index is 1.41. The van der Waals surface area contributed by atoms with E-state index in [9.17, 15) is 4.39 Å². The zero-order chi connectivity index (χ0) is 24.6. The summed E-state index contributed by atoms with van der Waals surface area (Å²) in [7, 11) is 4.01. The van der Waals surface area contributed by atoms with Crippen LogP contribution in [0.5, 0.6) is 0 Å². The van der Waals surface area contributed by atoms with Crippen molar-refractivity contribution in [2.45, 2.75) is 0 Å². The van der Waals surface area contributed by atoms with E-state index < -0.39 is 0 Å². The van der Waals surface area contributed by atoms with Crippen molar-refractivity contribution in [2.75, 3.05) is 32.5 Å². The number of aromatic nitrogens is 7. The molecule has 9 nitrogen and oxygen atoms in total. The number of hydrogen-bond donors (Lipinski definition) is 4. The third-order valence-electron chi connectivity index (χ3n) is 6.12. The molecule has 10 heteroatoms. The minimum Gasteiger partial charge on any atom is -0.384 e. The Labute approximate surface area is 205 Å². The highest BCUT2D eigenvalue weighted by molar-refractivity contribution is 6.00. The van der Waals surface area contributed by atoms with E-state index in [0.29, 0.717) is 23.4 Å². The van der Waals surface area contributed by atoms with Gasteiger partial charge in [-0.1, -0.05) is 0 Å². The molecule has 0 aliphatic carbocycles. The number of H-pyrrole nitrogens is 3. The minimum absolute atomic E-state index is 0.313. The summed E-state index contributed by atoms with van der Waals surface area (Å²) in [5.41, 5.74) is 7.17. The third kappa shape index (κ3) is 4.07. The van der Waals surface area contributed by atoms with E-state index in [2.05, 4.69) is 45.6 Å². The smallest absolute Gasteiger partial charge is 0.181 e. The molecule has 0 aliphatic rings. The molecule has 0 saturated heterocycles. The molecular weight excluding hydrogens is 457 g/mol. The fourth-order valence-corrected chi connectivity index (χ4v) is 4.34. The van der Waals surface area contributed by atoms with Crippen LogP contribution in [0.15, 0.2) is 61.2 Å². The normalized spacial score (nSPS) is 11.7. The van der Waals surface area contributed by atoms with Crippen molar-refractivity contribution < 1.29 is 4.39 Å². The molecule has 0 radical (unpaired) electrons. The first-order valence-electron chi connectivity index (χ1n) is 11.6. The largest absolute Gasteiger partial charge is 0.384 e. The van der Waals surface area contributed by atoms with E-state index in [-0.39, 0.29) is 5.82 Å². The van der Waals surface area contributed by atoms with Crippen LogP contribution in [0.2, 0.25) is 0 Å². The van der Waals surface area contributed by atoms with Gasteiger partial charge in [0.2, 0.25) is 0 Å². The second-order valence-corrected chi connectivity index (χ2v) is 8.94. The van der Waals surface area contributed by atoms with Gasteiger partial charge >= 0.3 is 0 Å². The predicted molar refractivity (Wildman–Crippen MR) is 139 cm³/mol. The van der Waals surface area contributed by atoms with Gasteiger partial charge in [0, 0.05) is 70.3 Å². The molecule has 36 heavy (non-hydrogen) atoms. The number of fused-ring (bicyclic) bond motifs is 2. The van der Waals surface area contributed by atoms with Gasteiger partial charge in [-0.25, -0.2) is 9.37 Å². The van der Waals surface area contributed by atoms with Crippen LogP contribution < -0.4 is 5.32 Å². The second kappa shape index (κ2) is 8.90. The summed E-state index contributed by atoms with van der Waals surface area (Å²) in [5.74, 6) is -0.313. The maximum Gasteiger partial charge on any atom is 0.181 e. The SMILES string of the molecule is CN(C)CCNc1cc(F)cc(-c2nccc3[nH]c(-c4[nH]nc5ncc(-c6cn[nH]c6)cc45)cc23)c1. The summed E-state index contributed by atoms with van der Waals surface area (Å²) in [6.45, 7) is 1.56. The molecule has 4 N–H and O–H groups in total. The van der Waals surface area contributed by atoms with E-state index in [0.717, 1.165) is 51.0 Å². The van der Waals surface area contributed by atoms with Crippen molar-refractivity contribution in [1.82, 2.24) is 40.2 Å². The first kappa shape index (κ1) is 21.9. The number of rotatable bonds is 7. The monoisotopic (exact) mass is 481 g/mol. The molecule has 0 amide bonds. The number of halogens is 1. The van der Waals surface area contributed by atoms with Crippen molar-refractivity contribution >= 4 is 27.6 Å². The molecule has 0 atom stereocenters. The molecule has 6 rings (SSSR count). The van der Waals surface area contributed by atoms with E-state index in [4.69, 9.17) is 0 Å². The van der Waals surface area contributed by atoms with Gasteiger partial charge in [-0.15, -0.1) is 0 Å². The van der Waals surface area contributed by atoms with E-state index in [1.54, 1.807) is 18.6 Å². The number of benzene rings is 1. The van der Waals surface area contributed by atoms with Crippen LogP contribution in [0.4, 0.5) is 10.1 Å². The summed E-state index contributed by atoms with van der Waals surface area (Å²) in [4.78, 5) is 14.6. The van der Waals surface area contributed by atoms with Crippen molar-refractivity contribution in [1.29, 1.82) is 0 Å². The van der Waals surface area contributed by atoms with Gasteiger partial charge in [0.15, 0.2) is 5.65 Å². The molecule has 0 saturated carbocycles. The highest BCUT2D eigenvalue weighted by Crippen LogP contribution is 2.34. The standard InChI is InChI=1S/C26H24FN9/c1-36(2)6-5-28-19-8-15(7-18(27)10-19)24-20-11-23(33-22(20)3-4-29-24)25-21-9-16(17-13-31-32-14-17)12-30-26(21)35-34-25/h3-4,7-14,28,33H,5-6H2,1-2H3,(H,31,32)(H,30,34,35). The van der Waals surface area contributed by atoms with Crippen LogP contribution in [0.1, 0.15) is 0 Å². The lowest BCUT2D eigenvalue weighted by atomic mass is 10.1. The molecule has 5 heterocycles. The number of nitrogens with one attached hydrogen (secondary N) is 4. The van der Waals surface area contributed by atoms with Crippen molar-refractivity contribution in [3.05, 3.63) is 67.0 Å². The Morgan fingerprint density at radius 1 is 0.972 bits per heavy atom. The zero-order valence-corrected chi connectivity index (χ0v) is 19.8. The summed E-state index contributed by atoms with van der Waals surface area (Å²) in [6.07, 6.45) is 7.09. The highest BCUT2D eigenvalue weighted by Gasteiger charge is 2.16. The molecule has 0 unspecified atom stereocenters. The number of anilines is 1. The van der Waals surface area contributed by atoms with E-state index in [1.807, 2.05) is 44.6 Å². The molecule has 0 aliphatic heterocycles. The number of nitrogens with zero attached hydrogens (tertiary/aromatic N) is 5. The van der Waals surface area contributed by atoms with Crippen molar-refractivity contribution in [2.24, 2.45) is 0 Å². The Bertz CT molecular complexity index is 1660. The number of hydrogen-bond acceptors (Lipinski definition) is 6. The second-order valence-electron chi connectivity index (χ2n) is 8.94. The Hall–Kier alpha value is -4.57. The third-order valence-corrected chi connectivity index (χ3v) is 6.12. The molecule has 6 aromatic rings. The van der Waals surface area contributed by atoms with E-state index in [1.165, 1.54) is 12.1 Å². The van der Waals surface area contributed by atoms with Gasteiger partial charge in [-0.2, -0.15) is 10.2 Å². The number of pyridine rings is 2. The van der Waals surface area contributed by atoms with Gasteiger partial charge in [-0.05, 0) is 50.5 Å². The Kier molecular flexibility index (Phi) is 5.42. The van der Waals surface area contributed by atoms with Gasteiger partial charge in [0.05, 0.1) is 23.3 Å². The zero-order valence-electron chi connectivity index (χ0n) is 19.8. The van der Waals surface area contributed by atoms with Gasteiger partial charge in [0.1, 0.15) is 5.82 Å². The predicted octanol–water partition coefficient (Wildman–Crippen LogP) is 4.67. The lowest BCUT2D eigenvalue weighted by molar-refractivity contribution is 0.425. The van der Waals surface area contributed by atoms with Gasteiger partial charge < -0.3 is 15.2 Å². The van der Waals surface area contributed by atoms with E-state index >= 15 is 0 Å². The summed E-state index contributed by atoms with van der Waals surface area (Å²) in [6, 6.07) is 10.9. The maximum atomic E-state index is 14.5. The quantitative estimate of drug-likeness (QED) is 0.263. The van der Waals surface area contributed by atoms with Crippen LogP contribution in [-0.2, 0) is 0 Å². The average molecular weight is 482 g/mol. The van der Waals surface area contributed by atoms with Crippen LogP contribution in [0, 0.1) is 5.82 Å².